The molecule has 2 aromatic rings. The van der Waals surface area contributed by atoms with Gasteiger partial charge in [-0.3, -0.25) is 4.98 Å². The Bertz CT molecular complexity index is 531. The molecule has 100 valence electrons. The second-order valence-electron chi connectivity index (χ2n) is 4.17. The van der Waals surface area contributed by atoms with Gasteiger partial charge in [-0.2, -0.15) is 0 Å². The Morgan fingerprint density at radius 1 is 1.21 bits per heavy atom. The van der Waals surface area contributed by atoms with Crippen molar-refractivity contribution in [1.29, 1.82) is 0 Å². The zero-order chi connectivity index (χ0) is 13.7. The van der Waals surface area contributed by atoms with E-state index in [0.29, 0.717) is 25.3 Å². The van der Waals surface area contributed by atoms with E-state index in [9.17, 15) is 8.78 Å². The quantitative estimate of drug-likeness (QED) is 0.900. The van der Waals surface area contributed by atoms with E-state index in [1.807, 2.05) is 12.1 Å². The summed E-state index contributed by atoms with van der Waals surface area (Å²) in [6.45, 7) is 1.35. The molecule has 0 unspecified atom stereocenters. The molecule has 1 heterocycles. The first-order valence-electron chi connectivity index (χ1n) is 5.99. The molecule has 1 aromatic heterocycles. The summed E-state index contributed by atoms with van der Waals surface area (Å²) in [5, 5.41) is 0. The van der Waals surface area contributed by atoms with Crippen molar-refractivity contribution in [2.45, 2.75) is 6.54 Å². The molecule has 0 fully saturated rings. The van der Waals surface area contributed by atoms with Crippen LogP contribution in [0.5, 0.6) is 0 Å². The van der Waals surface area contributed by atoms with Gasteiger partial charge in [0.15, 0.2) is 0 Å². The van der Waals surface area contributed by atoms with Gasteiger partial charge in [0.25, 0.3) is 0 Å². The second-order valence-corrected chi connectivity index (χ2v) is 4.17. The lowest BCUT2D eigenvalue weighted by atomic mass is 10.2. The average Bonchev–Trinajstić information content (AvgIpc) is 2.39. The van der Waals surface area contributed by atoms with Crippen molar-refractivity contribution >= 4 is 5.69 Å². The molecular weight excluding hydrogens is 248 g/mol. The van der Waals surface area contributed by atoms with Gasteiger partial charge >= 0.3 is 0 Å². The molecular formula is C14H15F2N3. The van der Waals surface area contributed by atoms with Crippen molar-refractivity contribution in [2.24, 2.45) is 5.73 Å². The fourth-order valence-corrected chi connectivity index (χ4v) is 1.89. The molecule has 0 aliphatic heterocycles. The van der Waals surface area contributed by atoms with E-state index in [0.717, 1.165) is 11.6 Å². The molecule has 0 atom stereocenters. The van der Waals surface area contributed by atoms with Crippen LogP contribution in [0, 0.1) is 11.6 Å². The summed E-state index contributed by atoms with van der Waals surface area (Å²) < 4.78 is 26.7. The lowest BCUT2D eigenvalue weighted by Crippen LogP contribution is -2.29. The maximum absolute atomic E-state index is 13.8. The number of pyridine rings is 1. The number of nitrogens with zero attached hydrogens (tertiary/aromatic N) is 2. The number of nitrogens with two attached hydrogens (primary N) is 1. The number of anilines is 1. The predicted octanol–water partition coefficient (Wildman–Crippen LogP) is 2.33. The van der Waals surface area contributed by atoms with Crippen molar-refractivity contribution in [3.63, 3.8) is 0 Å². The standard InChI is InChI=1S/C14H15F2N3/c15-12-3-4-14(13(16)8-12)19(7-5-17)10-11-2-1-6-18-9-11/h1-4,6,8-9H,5,7,10,17H2. The van der Waals surface area contributed by atoms with Gasteiger partial charge in [0, 0.05) is 38.1 Å². The molecule has 0 aliphatic carbocycles. The van der Waals surface area contributed by atoms with Crippen molar-refractivity contribution < 1.29 is 8.78 Å². The molecule has 1 aromatic carbocycles. The first-order chi connectivity index (χ1) is 9.20. The Morgan fingerprint density at radius 2 is 2.05 bits per heavy atom. The number of hydrogen-bond donors (Lipinski definition) is 1. The van der Waals surface area contributed by atoms with Crippen LogP contribution in [-0.4, -0.2) is 18.1 Å². The fraction of sp³-hybridized carbons (Fsp3) is 0.214. The van der Waals surface area contributed by atoms with Crippen molar-refractivity contribution in [1.82, 2.24) is 4.98 Å². The fourth-order valence-electron chi connectivity index (χ4n) is 1.89. The lowest BCUT2D eigenvalue weighted by molar-refractivity contribution is 0.577. The van der Waals surface area contributed by atoms with Gasteiger partial charge < -0.3 is 10.6 Å². The molecule has 0 saturated carbocycles. The number of halogens is 2. The molecule has 0 bridgehead atoms. The second kappa shape index (κ2) is 6.24. The van der Waals surface area contributed by atoms with Crippen LogP contribution in [0.25, 0.3) is 0 Å². The van der Waals surface area contributed by atoms with Gasteiger partial charge in [-0.15, -0.1) is 0 Å². The first kappa shape index (κ1) is 13.4. The van der Waals surface area contributed by atoms with E-state index in [-0.39, 0.29) is 0 Å². The third-order valence-corrected chi connectivity index (χ3v) is 2.75. The van der Waals surface area contributed by atoms with Gasteiger partial charge in [0.1, 0.15) is 11.6 Å². The van der Waals surface area contributed by atoms with Crippen LogP contribution < -0.4 is 10.6 Å². The number of rotatable bonds is 5. The number of aromatic nitrogens is 1. The highest BCUT2D eigenvalue weighted by atomic mass is 19.1. The summed E-state index contributed by atoms with van der Waals surface area (Å²) >= 11 is 0. The average molecular weight is 263 g/mol. The van der Waals surface area contributed by atoms with Gasteiger partial charge in [0.2, 0.25) is 0 Å². The highest BCUT2D eigenvalue weighted by Crippen LogP contribution is 2.21. The Kier molecular flexibility index (Phi) is 4.41. The van der Waals surface area contributed by atoms with E-state index in [2.05, 4.69) is 4.98 Å². The Hall–Kier alpha value is -2.01. The van der Waals surface area contributed by atoms with Crippen LogP contribution in [0.1, 0.15) is 5.56 Å². The normalized spacial score (nSPS) is 10.5. The first-order valence-corrected chi connectivity index (χ1v) is 5.99. The summed E-state index contributed by atoms with van der Waals surface area (Å²) in [5.41, 5.74) is 6.83. The summed E-state index contributed by atoms with van der Waals surface area (Å²) in [4.78, 5) is 5.79. The molecule has 0 amide bonds. The lowest BCUT2D eigenvalue weighted by Gasteiger charge is -2.24. The molecule has 2 N–H and O–H groups in total. The van der Waals surface area contributed by atoms with Crippen LogP contribution in [0.2, 0.25) is 0 Å². The Morgan fingerprint density at radius 3 is 2.68 bits per heavy atom. The summed E-state index contributed by atoms with van der Waals surface area (Å²) in [6, 6.07) is 7.26. The molecule has 19 heavy (non-hydrogen) atoms. The smallest absolute Gasteiger partial charge is 0.149 e. The van der Waals surface area contributed by atoms with Crippen LogP contribution in [0.4, 0.5) is 14.5 Å². The molecule has 5 heteroatoms. The van der Waals surface area contributed by atoms with Crippen LogP contribution in [-0.2, 0) is 6.54 Å². The van der Waals surface area contributed by atoms with E-state index < -0.39 is 11.6 Å². The SMILES string of the molecule is NCCN(Cc1cccnc1)c1ccc(F)cc1F. The third-order valence-electron chi connectivity index (χ3n) is 2.75. The number of benzene rings is 1. The highest BCUT2D eigenvalue weighted by Gasteiger charge is 2.12. The molecule has 2 rings (SSSR count). The number of hydrogen-bond acceptors (Lipinski definition) is 3. The molecule has 0 radical (unpaired) electrons. The van der Waals surface area contributed by atoms with Crippen LogP contribution >= 0.6 is 0 Å². The molecule has 3 nitrogen and oxygen atoms in total. The highest BCUT2D eigenvalue weighted by molar-refractivity contribution is 5.48. The van der Waals surface area contributed by atoms with E-state index in [1.165, 1.54) is 12.1 Å². The van der Waals surface area contributed by atoms with E-state index in [1.54, 1.807) is 17.3 Å². The van der Waals surface area contributed by atoms with E-state index >= 15 is 0 Å². The largest absolute Gasteiger partial charge is 0.364 e. The summed E-state index contributed by atoms with van der Waals surface area (Å²) in [6.07, 6.45) is 3.39. The van der Waals surface area contributed by atoms with E-state index in [4.69, 9.17) is 5.73 Å². The maximum Gasteiger partial charge on any atom is 0.149 e. The topological polar surface area (TPSA) is 42.1 Å². The zero-order valence-electron chi connectivity index (χ0n) is 10.4. The molecule has 0 spiro atoms. The minimum Gasteiger partial charge on any atom is -0.364 e. The predicted molar refractivity (Wildman–Crippen MR) is 70.7 cm³/mol. The molecule has 0 aliphatic rings. The summed E-state index contributed by atoms with van der Waals surface area (Å²) in [7, 11) is 0. The van der Waals surface area contributed by atoms with Gasteiger partial charge in [-0.25, -0.2) is 8.78 Å². The zero-order valence-corrected chi connectivity index (χ0v) is 10.4. The van der Waals surface area contributed by atoms with Crippen LogP contribution in [0.15, 0.2) is 42.7 Å². The van der Waals surface area contributed by atoms with Crippen molar-refractivity contribution in [2.75, 3.05) is 18.0 Å². The minimum atomic E-state index is -0.588. The molecule has 0 saturated heterocycles. The maximum atomic E-state index is 13.8. The Labute approximate surface area is 110 Å². The summed E-state index contributed by atoms with van der Waals surface area (Å²) in [5.74, 6) is -1.17. The van der Waals surface area contributed by atoms with Crippen LogP contribution in [0.3, 0.4) is 0 Å². The van der Waals surface area contributed by atoms with Crippen molar-refractivity contribution in [3.05, 3.63) is 59.9 Å². The minimum absolute atomic E-state index is 0.343. The van der Waals surface area contributed by atoms with Gasteiger partial charge in [-0.1, -0.05) is 6.07 Å². The monoisotopic (exact) mass is 263 g/mol. The third kappa shape index (κ3) is 3.48. The van der Waals surface area contributed by atoms with Crippen molar-refractivity contribution in [3.8, 4) is 0 Å². The Balaban J connectivity index is 2.24. The van der Waals surface area contributed by atoms with Gasteiger partial charge in [0.05, 0.1) is 5.69 Å². The van der Waals surface area contributed by atoms with Gasteiger partial charge in [-0.05, 0) is 23.8 Å².